The largest absolute Gasteiger partial charge is 0.494 e. The summed E-state index contributed by atoms with van der Waals surface area (Å²) in [5.74, 6) is -3.45. The maximum Gasteiger partial charge on any atom is 0.291 e. The number of methoxy groups -OCH3 is 1. The van der Waals surface area contributed by atoms with Gasteiger partial charge >= 0.3 is 0 Å². The van der Waals surface area contributed by atoms with Crippen molar-refractivity contribution >= 4 is 41.5 Å². The second-order valence-corrected chi connectivity index (χ2v) is 11.5. The molecule has 4 aliphatic rings. The highest BCUT2D eigenvalue weighted by atomic mass is 35.5. The van der Waals surface area contributed by atoms with Crippen molar-refractivity contribution in [3.8, 4) is 17.0 Å². The Morgan fingerprint density at radius 1 is 1.09 bits per heavy atom. The number of H-pyrrole nitrogens is 1. The van der Waals surface area contributed by atoms with Gasteiger partial charge in [-0.05, 0) is 49.6 Å². The standard InChI is InChI=1S/C28H27ClF2N6O4.CH2O2/c1-41-20-5-4-17(21(30)22(20)31)19-11-33-23(35-19)24(38)34-15-2-3-16(18(29)10-15)25(39)36-6-8-37(9-7-36)26(40)27-12-28(32,13-27)14-27;2-1-3/h2-5,10-11H,6-9,12-14,32H2,1H3,(H,33,35)(H,34,38);1H,(H,2,3). The van der Waals surface area contributed by atoms with E-state index >= 15 is 0 Å². The molecular formula is C29H29ClF2N6O6. The van der Waals surface area contributed by atoms with E-state index in [9.17, 15) is 23.2 Å². The minimum atomic E-state index is -1.15. The molecule has 1 aliphatic heterocycles. The number of piperazine rings is 1. The number of aromatic nitrogens is 2. The van der Waals surface area contributed by atoms with Crippen LogP contribution in [0.25, 0.3) is 11.3 Å². The maximum absolute atomic E-state index is 14.4. The monoisotopic (exact) mass is 630 g/mol. The first kappa shape index (κ1) is 30.9. The molecular weight excluding hydrogens is 602 g/mol. The lowest BCUT2D eigenvalue weighted by Gasteiger charge is -2.68. The zero-order chi connectivity index (χ0) is 31.8. The Balaban J connectivity index is 0.00000123. The average molecular weight is 631 g/mol. The predicted molar refractivity (Wildman–Crippen MR) is 154 cm³/mol. The molecule has 5 N–H and O–H groups in total. The summed E-state index contributed by atoms with van der Waals surface area (Å²) in [6.45, 7) is 1.44. The molecule has 4 fully saturated rings. The summed E-state index contributed by atoms with van der Waals surface area (Å²) in [6.07, 6.45) is 3.46. The van der Waals surface area contributed by atoms with Crippen molar-refractivity contribution in [2.24, 2.45) is 11.1 Å². The van der Waals surface area contributed by atoms with Crippen LogP contribution in [0.3, 0.4) is 0 Å². The van der Waals surface area contributed by atoms with Crippen molar-refractivity contribution in [1.29, 1.82) is 0 Å². The van der Waals surface area contributed by atoms with Gasteiger partial charge in [0.2, 0.25) is 11.7 Å². The van der Waals surface area contributed by atoms with Crippen molar-refractivity contribution in [3.05, 3.63) is 64.6 Å². The first-order valence-electron chi connectivity index (χ1n) is 13.6. The number of nitrogens with zero attached hydrogens (tertiary/aromatic N) is 3. The number of benzene rings is 2. The molecule has 2 heterocycles. The molecule has 2 bridgehead atoms. The molecule has 3 aromatic rings. The lowest BCUT2D eigenvalue weighted by molar-refractivity contribution is -0.185. The van der Waals surface area contributed by atoms with Crippen molar-refractivity contribution in [1.82, 2.24) is 19.8 Å². The van der Waals surface area contributed by atoms with Gasteiger partial charge < -0.3 is 35.7 Å². The number of aromatic amines is 1. The summed E-state index contributed by atoms with van der Waals surface area (Å²) < 4.78 is 33.3. The Labute approximate surface area is 255 Å². The predicted octanol–water partition coefficient (Wildman–Crippen LogP) is 3.14. The van der Waals surface area contributed by atoms with Crippen molar-refractivity contribution in [2.45, 2.75) is 24.8 Å². The number of halogens is 3. The summed E-state index contributed by atoms with van der Waals surface area (Å²) in [7, 11) is 1.23. The van der Waals surface area contributed by atoms with Gasteiger partial charge in [0.25, 0.3) is 18.3 Å². The van der Waals surface area contributed by atoms with Gasteiger partial charge in [-0.2, -0.15) is 4.39 Å². The van der Waals surface area contributed by atoms with Gasteiger partial charge in [-0.3, -0.25) is 19.2 Å². The smallest absolute Gasteiger partial charge is 0.291 e. The molecule has 3 amide bonds. The van der Waals surface area contributed by atoms with Crippen LogP contribution in [0.1, 0.15) is 40.2 Å². The van der Waals surface area contributed by atoms with E-state index in [1.165, 1.54) is 43.6 Å². The third-order valence-electron chi connectivity index (χ3n) is 8.18. The van der Waals surface area contributed by atoms with Crippen LogP contribution < -0.4 is 15.8 Å². The number of carboxylic acid groups (broad SMARTS) is 1. The van der Waals surface area contributed by atoms with Crippen molar-refractivity contribution in [3.63, 3.8) is 0 Å². The number of hydrogen-bond acceptors (Lipinski definition) is 7. The number of hydrogen-bond donors (Lipinski definition) is 4. The zero-order valence-electron chi connectivity index (χ0n) is 23.5. The number of rotatable bonds is 6. The van der Waals surface area contributed by atoms with Crippen LogP contribution in [0, 0.1) is 17.0 Å². The van der Waals surface area contributed by atoms with Crippen LogP contribution in [0.4, 0.5) is 14.5 Å². The molecule has 2 aromatic carbocycles. The highest BCUT2D eigenvalue weighted by Crippen LogP contribution is 2.66. The van der Waals surface area contributed by atoms with E-state index in [-0.39, 0.29) is 62.7 Å². The maximum atomic E-state index is 14.4. The fourth-order valence-corrected chi connectivity index (χ4v) is 6.40. The Morgan fingerprint density at radius 3 is 2.32 bits per heavy atom. The minimum absolute atomic E-state index is 0.0995. The van der Waals surface area contributed by atoms with E-state index in [1.54, 1.807) is 4.90 Å². The number of nitrogens with one attached hydrogen (secondary N) is 2. The van der Waals surface area contributed by atoms with Gasteiger partial charge in [0.05, 0.1) is 35.0 Å². The number of carbonyl (C=O) groups excluding carboxylic acids is 3. The number of anilines is 1. The molecule has 3 saturated carbocycles. The second-order valence-electron chi connectivity index (χ2n) is 11.1. The molecule has 44 heavy (non-hydrogen) atoms. The lowest BCUT2D eigenvalue weighted by atomic mass is 9.39. The SMILES string of the molecule is COc1ccc(-c2cnc(C(=O)Nc3ccc(C(=O)N4CCN(C(=O)C56CC(N)(C5)C6)CC4)c(Cl)c3)[nH]2)c(F)c1F.O=CO. The van der Waals surface area contributed by atoms with Crippen LogP contribution >= 0.6 is 11.6 Å². The van der Waals surface area contributed by atoms with Crippen LogP contribution in [-0.2, 0) is 9.59 Å². The van der Waals surface area contributed by atoms with E-state index < -0.39 is 17.5 Å². The van der Waals surface area contributed by atoms with E-state index in [0.29, 0.717) is 31.9 Å². The van der Waals surface area contributed by atoms with Gasteiger partial charge in [0, 0.05) is 43.0 Å². The third kappa shape index (κ3) is 5.57. The van der Waals surface area contributed by atoms with E-state index in [1.807, 2.05) is 4.90 Å². The zero-order valence-corrected chi connectivity index (χ0v) is 24.3. The molecule has 0 spiro atoms. The number of carbonyl (C=O) groups is 4. The molecule has 1 aromatic heterocycles. The van der Waals surface area contributed by atoms with Crippen molar-refractivity contribution in [2.75, 3.05) is 38.6 Å². The Bertz CT molecular complexity index is 1620. The molecule has 15 heteroatoms. The van der Waals surface area contributed by atoms with Gasteiger partial charge in [0.1, 0.15) is 0 Å². The summed E-state index contributed by atoms with van der Waals surface area (Å²) >= 11 is 6.41. The fourth-order valence-electron chi connectivity index (χ4n) is 6.14. The van der Waals surface area contributed by atoms with Gasteiger partial charge in [-0.25, -0.2) is 9.37 Å². The number of amides is 3. The summed E-state index contributed by atoms with van der Waals surface area (Å²) in [5.41, 5.74) is 6.23. The molecule has 3 aliphatic carbocycles. The van der Waals surface area contributed by atoms with E-state index in [4.69, 9.17) is 32.0 Å². The van der Waals surface area contributed by atoms with Gasteiger partial charge in [-0.1, -0.05) is 11.6 Å². The molecule has 0 radical (unpaired) electrons. The topological polar surface area (TPSA) is 171 Å². The Kier molecular flexibility index (Phi) is 8.32. The first-order chi connectivity index (χ1) is 20.9. The molecule has 12 nitrogen and oxygen atoms in total. The molecule has 7 rings (SSSR count). The fraction of sp³-hybridized carbons (Fsp3) is 0.345. The molecule has 0 atom stereocenters. The number of ether oxygens (including phenoxy) is 1. The Hall–Kier alpha value is -4.56. The highest BCUT2D eigenvalue weighted by Gasteiger charge is 2.70. The number of nitrogens with two attached hydrogens (primary N) is 1. The average Bonchev–Trinajstić information content (AvgIpc) is 3.47. The van der Waals surface area contributed by atoms with E-state index in [0.717, 1.165) is 19.3 Å². The summed E-state index contributed by atoms with van der Waals surface area (Å²) in [4.78, 5) is 57.3. The van der Waals surface area contributed by atoms with Crippen molar-refractivity contribution < 1.29 is 37.8 Å². The number of imidazole rings is 1. The second kappa shape index (κ2) is 11.8. The summed E-state index contributed by atoms with van der Waals surface area (Å²) in [6, 6.07) is 7.08. The van der Waals surface area contributed by atoms with Crippen LogP contribution in [0.5, 0.6) is 5.75 Å². The molecule has 232 valence electrons. The Morgan fingerprint density at radius 2 is 1.73 bits per heavy atom. The minimum Gasteiger partial charge on any atom is -0.494 e. The van der Waals surface area contributed by atoms with E-state index in [2.05, 4.69) is 15.3 Å². The lowest BCUT2D eigenvalue weighted by Crippen LogP contribution is -2.77. The normalized spacial score (nSPS) is 21.7. The quantitative estimate of drug-likeness (QED) is 0.301. The highest BCUT2D eigenvalue weighted by molar-refractivity contribution is 6.34. The molecule has 1 saturated heterocycles. The third-order valence-corrected chi connectivity index (χ3v) is 8.50. The van der Waals surface area contributed by atoms with Crippen LogP contribution in [0.2, 0.25) is 5.02 Å². The van der Waals surface area contributed by atoms with Gasteiger partial charge in [-0.15, -0.1) is 0 Å². The first-order valence-corrected chi connectivity index (χ1v) is 14.0. The van der Waals surface area contributed by atoms with Crippen LogP contribution in [-0.4, -0.2) is 87.9 Å². The summed E-state index contributed by atoms with van der Waals surface area (Å²) in [5, 5.41) is 9.65. The van der Waals surface area contributed by atoms with Gasteiger partial charge in [0.15, 0.2) is 17.4 Å². The van der Waals surface area contributed by atoms with Crippen LogP contribution in [0.15, 0.2) is 36.5 Å². The molecule has 0 unspecified atom stereocenters.